The third kappa shape index (κ3) is 15.4. The first-order valence-electron chi connectivity index (χ1n) is 17.3. The normalized spacial score (nSPS) is 11.7. The van der Waals surface area contributed by atoms with Crippen LogP contribution in [0.4, 0.5) is 0 Å². The van der Waals surface area contributed by atoms with Crippen molar-refractivity contribution in [1.29, 1.82) is 0 Å². The maximum Gasteiger partial charge on any atom is 0.0233 e. The SMILES string of the molecule is CCCCCCCN(CCCCC)Cc1ccc(-c2ccc(CN(CCCCC)CCCCCCC)cc2)cc1. The fourth-order valence-corrected chi connectivity index (χ4v) is 5.71. The second-order valence-corrected chi connectivity index (χ2v) is 12.2. The van der Waals surface area contributed by atoms with E-state index in [4.69, 9.17) is 0 Å². The zero-order chi connectivity index (χ0) is 28.7. The van der Waals surface area contributed by atoms with Crippen LogP contribution in [0.2, 0.25) is 0 Å². The lowest BCUT2D eigenvalue weighted by Crippen LogP contribution is -2.25. The van der Waals surface area contributed by atoms with Crippen LogP contribution in [-0.4, -0.2) is 36.0 Å². The quantitative estimate of drug-likeness (QED) is 0.114. The molecule has 0 radical (unpaired) electrons. The van der Waals surface area contributed by atoms with Crippen molar-refractivity contribution in [2.24, 2.45) is 0 Å². The van der Waals surface area contributed by atoms with Gasteiger partial charge in [0, 0.05) is 13.1 Å². The summed E-state index contributed by atoms with van der Waals surface area (Å²) in [6.45, 7) is 16.3. The van der Waals surface area contributed by atoms with E-state index in [0.717, 1.165) is 13.1 Å². The van der Waals surface area contributed by atoms with Crippen molar-refractivity contribution in [3.8, 4) is 11.1 Å². The van der Waals surface area contributed by atoms with E-state index in [2.05, 4.69) is 86.0 Å². The molecular formula is C38H64N2. The Morgan fingerprint density at radius 3 is 0.950 bits per heavy atom. The third-order valence-electron chi connectivity index (χ3n) is 8.37. The molecule has 2 rings (SSSR count). The van der Waals surface area contributed by atoms with Gasteiger partial charge in [-0.25, -0.2) is 0 Å². The molecule has 0 N–H and O–H groups in total. The second kappa shape index (κ2) is 23.0. The summed E-state index contributed by atoms with van der Waals surface area (Å²) >= 11 is 0. The fourth-order valence-electron chi connectivity index (χ4n) is 5.71. The van der Waals surface area contributed by atoms with E-state index in [0.29, 0.717) is 0 Å². The van der Waals surface area contributed by atoms with E-state index < -0.39 is 0 Å². The Hall–Kier alpha value is -1.64. The van der Waals surface area contributed by atoms with Gasteiger partial charge in [0.2, 0.25) is 0 Å². The number of hydrogen-bond donors (Lipinski definition) is 0. The van der Waals surface area contributed by atoms with Gasteiger partial charge in [-0.05, 0) is 74.1 Å². The molecule has 0 saturated heterocycles. The zero-order valence-corrected chi connectivity index (χ0v) is 27.1. The van der Waals surface area contributed by atoms with Crippen molar-refractivity contribution in [2.75, 3.05) is 26.2 Å². The molecule has 0 spiro atoms. The van der Waals surface area contributed by atoms with E-state index in [9.17, 15) is 0 Å². The molecule has 2 nitrogen and oxygen atoms in total. The highest BCUT2D eigenvalue weighted by Gasteiger charge is 2.09. The number of nitrogens with zero attached hydrogens (tertiary/aromatic N) is 2. The molecule has 0 aliphatic rings. The van der Waals surface area contributed by atoms with Gasteiger partial charge in [0.25, 0.3) is 0 Å². The Morgan fingerprint density at radius 1 is 0.350 bits per heavy atom. The number of hydrogen-bond acceptors (Lipinski definition) is 2. The lowest BCUT2D eigenvalue weighted by atomic mass is 10.0. The highest BCUT2D eigenvalue weighted by atomic mass is 15.1. The monoisotopic (exact) mass is 549 g/mol. The Balaban J connectivity index is 1.91. The molecule has 40 heavy (non-hydrogen) atoms. The standard InChI is InChI=1S/C38H64N2/c1-5-9-13-15-19-31-39(29-17-11-7-3)33-35-21-25-37(26-22-35)38-27-23-36(24-28-38)34-40(30-18-12-8-4)32-20-16-14-10-6-2/h21-28H,5-20,29-34H2,1-4H3. The van der Waals surface area contributed by atoms with Crippen molar-refractivity contribution >= 4 is 0 Å². The van der Waals surface area contributed by atoms with E-state index in [1.807, 2.05) is 0 Å². The van der Waals surface area contributed by atoms with Gasteiger partial charge in [0.05, 0.1) is 0 Å². The molecule has 0 atom stereocenters. The van der Waals surface area contributed by atoms with Gasteiger partial charge >= 0.3 is 0 Å². The summed E-state index contributed by atoms with van der Waals surface area (Å²) < 4.78 is 0. The van der Waals surface area contributed by atoms with Crippen LogP contribution in [-0.2, 0) is 13.1 Å². The molecule has 0 aromatic heterocycles. The van der Waals surface area contributed by atoms with Gasteiger partial charge in [-0.3, -0.25) is 9.80 Å². The van der Waals surface area contributed by atoms with E-state index >= 15 is 0 Å². The third-order valence-corrected chi connectivity index (χ3v) is 8.37. The Morgan fingerprint density at radius 2 is 0.625 bits per heavy atom. The lowest BCUT2D eigenvalue weighted by molar-refractivity contribution is 0.253. The molecule has 2 aromatic rings. The molecule has 226 valence electrons. The Labute approximate surface area is 249 Å². The van der Waals surface area contributed by atoms with Crippen LogP contribution in [0.3, 0.4) is 0 Å². The maximum atomic E-state index is 2.70. The summed E-state index contributed by atoms with van der Waals surface area (Å²) in [5, 5.41) is 0. The van der Waals surface area contributed by atoms with Crippen LogP contribution >= 0.6 is 0 Å². The van der Waals surface area contributed by atoms with Crippen LogP contribution < -0.4 is 0 Å². The van der Waals surface area contributed by atoms with Crippen molar-refractivity contribution < 1.29 is 0 Å². The van der Waals surface area contributed by atoms with Gasteiger partial charge < -0.3 is 0 Å². The van der Waals surface area contributed by atoms with E-state index in [1.165, 1.54) is 151 Å². The second-order valence-electron chi connectivity index (χ2n) is 12.2. The highest BCUT2D eigenvalue weighted by molar-refractivity contribution is 5.63. The summed E-state index contributed by atoms with van der Waals surface area (Å²) in [6.07, 6.45) is 21.6. The molecule has 0 heterocycles. The van der Waals surface area contributed by atoms with E-state index in [-0.39, 0.29) is 0 Å². The first kappa shape index (κ1) is 34.6. The Bertz CT molecular complexity index is 754. The van der Waals surface area contributed by atoms with Crippen molar-refractivity contribution in [2.45, 2.75) is 144 Å². The van der Waals surface area contributed by atoms with Crippen LogP contribution in [0.5, 0.6) is 0 Å². The molecule has 0 aliphatic carbocycles. The van der Waals surface area contributed by atoms with Gasteiger partial charge in [-0.15, -0.1) is 0 Å². The molecule has 0 bridgehead atoms. The molecule has 2 aromatic carbocycles. The first-order chi connectivity index (χ1) is 19.7. The lowest BCUT2D eigenvalue weighted by Gasteiger charge is -2.23. The zero-order valence-electron chi connectivity index (χ0n) is 27.1. The predicted octanol–water partition coefficient (Wildman–Crippen LogP) is 11.3. The van der Waals surface area contributed by atoms with Gasteiger partial charge in [0.15, 0.2) is 0 Å². The minimum absolute atomic E-state index is 1.09. The average Bonchev–Trinajstić information content (AvgIpc) is 2.97. The number of benzene rings is 2. The summed E-state index contributed by atoms with van der Waals surface area (Å²) in [4.78, 5) is 5.39. The molecular weight excluding hydrogens is 484 g/mol. The Kier molecular flexibility index (Phi) is 19.9. The van der Waals surface area contributed by atoms with Crippen LogP contribution in [0.1, 0.15) is 142 Å². The molecule has 0 saturated carbocycles. The molecule has 0 aliphatic heterocycles. The van der Waals surface area contributed by atoms with E-state index in [1.54, 1.807) is 0 Å². The predicted molar refractivity (Wildman–Crippen MR) is 179 cm³/mol. The smallest absolute Gasteiger partial charge is 0.0233 e. The molecule has 0 fully saturated rings. The fraction of sp³-hybridized carbons (Fsp3) is 0.684. The number of rotatable bonds is 25. The van der Waals surface area contributed by atoms with Crippen LogP contribution in [0.25, 0.3) is 11.1 Å². The van der Waals surface area contributed by atoms with Crippen LogP contribution in [0, 0.1) is 0 Å². The van der Waals surface area contributed by atoms with Gasteiger partial charge in [0.1, 0.15) is 0 Å². The molecule has 0 unspecified atom stereocenters. The van der Waals surface area contributed by atoms with Crippen LogP contribution in [0.15, 0.2) is 48.5 Å². The minimum atomic E-state index is 1.09. The van der Waals surface area contributed by atoms with Crippen molar-refractivity contribution in [3.05, 3.63) is 59.7 Å². The van der Waals surface area contributed by atoms with Gasteiger partial charge in [-0.1, -0.05) is 153 Å². The van der Waals surface area contributed by atoms with Crippen molar-refractivity contribution in [3.63, 3.8) is 0 Å². The summed E-state index contributed by atoms with van der Waals surface area (Å²) in [7, 11) is 0. The number of unbranched alkanes of at least 4 members (excludes halogenated alkanes) is 12. The summed E-state index contributed by atoms with van der Waals surface area (Å²) in [6, 6.07) is 18.8. The largest absolute Gasteiger partial charge is 0.299 e. The molecule has 0 amide bonds. The average molecular weight is 549 g/mol. The summed E-state index contributed by atoms with van der Waals surface area (Å²) in [5.74, 6) is 0. The minimum Gasteiger partial charge on any atom is -0.299 e. The van der Waals surface area contributed by atoms with Crippen molar-refractivity contribution in [1.82, 2.24) is 9.80 Å². The maximum absolute atomic E-state index is 2.70. The topological polar surface area (TPSA) is 6.48 Å². The molecule has 2 heteroatoms. The van der Waals surface area contributed by atoms with Gasteiger partial charge in [-0.2, -0.15) is 0 Å². The summed E-state index contributed by atoms with van der Waals surface area (Å²) in [5.41, 5.74) is 5.57. The highest BCUT2D eigenvalue weighted by Crippen LogP contribution is 2.22. The first-order valence-corrected chi connectivity index (χ1v) is 17.3.